The summed E-state index contributed by atoms with van der Waals surface area (Å²) in [6.45, 7) is 0.745. The summed E-state index contributed by atoms with van der Waals surface area (Å²) in [5, 5.41) is 16.1. The van der Waals surface area contributed by atoms with Crippen molar-refractivity contribution in [2.75, 3.05) is 11.9 Å². The van der Waals surface area contributed by atoms with E-state index in [1.54, 1.807) is 10.9 Å². The van der Waals surface area contributed by atoms with Crippen LogP contribution < -0.4 is 5.32 Å². The predicted octanol–water partition coefficient (Wildman–Crippen LogP) is 1.14. The van der Waals surface area contributed by atoms with Crippen LogP contribution in [0.4, 0.5) is 5.69 Å². The lowest BCUT2D eigenvalue weighted by Gasteiger charge is -2.06. The Morgan fingerprint density at radius 3 is 3.00 bits per heavy atom. The molecule has 0 amide bonds. The SMILES string of the molecule is Cn1cc(NCC2(C#N)CC2)cn1. The molecule has 1 aromatic rings. The van der Waals surface area contributed by atoms with Crippen molar-refractivity contribution in [1.82, 2.24) is 9.78 Å². The molecule has 0 radical (unpaired) electrons. The van der Waals surface area contributed by atoms with Crippen LogP contribution in [0.15, 0.2) is 12.4 Å². The zero-order chi connectivity index (χ0) is 9.31. The molecule has 4 nitrogen and oxygen atoms in total. The molecule has 1 saturated carbocycles. The van der Waals surface area contributed by atoms with E-state index in [4.69, 9.17) is 5.26 Å². The van der Waals surface area contributed by atoms with E-state index < -0.39 is 0 Å². The zero-order valence-electron chi connectivity index (χ0n) is 7.62. The lowest BCUT2D eigenvalue weighted by atomic mass is 10.1. The molecular formula is C9H12N4. The van der Waals surface area contributed by atoms with Crippen molar-refractivity contribution in [2.24, 2.45) is 12.5 Å². The second-order valence-electron chi connectivity index (χ2n) is 3.65. The van der Waals surface area contributed by atoms with Gasteiger partial charge in [-0.25, -0.2) is 0 Å². The summed E-state index contributed by atoms with van der Waals surface area (Å²) < 4.78 is 1.74. The van der Waals surface area contributed by atoms with E-state index >= 15 is 0 Å². The molecule has 0 atom stereocenters. The largest absolute Gasteiger partial charge is 0.381 e. The fraction of sp³-hybridized carbons (Fsp3) is 0.556. The summed E-state index contributed by atoms with van der Waals surface area (Å²) in [6, 6.07) is 2.34. The minimum Gasteiger partial charge on any atom is -0.381 e. The Balaban J connectivity index is 1.90. The average molecular weight is 176 g/mol. The summed E-state index contributed by atoms with van der Waals surface area (Å²) >= 11 is 0. The fourth-order valence-corrected chi connectivity index (χ4v) is 1.26. The molecule has 1 aliphatic rings. The first-order valence-corrected chi connectivity index (χ1v) is 4.38. The maximum Gasteiger partial charge on any atom is 0.0747 e. The third-order valence-electron chi connectivity index (χ3n) is 2.43. The first-order valence-electron chi connectivity index (χ1n) is 4.38. The number of hydrogen-bond donors (Lipinski definition) is 1. The van der Waals surface area contributed by atoms with Crippen molar-refractivity contribution < 1.29 is 0 Å². The van der Waals surface area contributed by atoms with Gasteiger partial charge in [-0.15, -0.1) is 0 Å². The summed E-state index contributed by atoms with van der Waals surface area (Å²) in [7, 11) is 1.88. The molecule has 0 aromatic carbocycles. The Bertz CT molecular complexity index is 343. The maximum atomic E-state index is 8.83. The van der Waals surface area contributed by atoms with Crippen LogP contribution in [0.25, 0.3) is 0 Å². The van der Waals surface area contributed by atoms with Crippen LogP contribution >= 0.6 is 0 Å². The highest BCUT2D eigenvalue weighted by atomic mass is 15.3. The fourth-order valence-electron chi connectivity index (χ4n) is 1.26. The van der Waals surface area contributed by atoms with Gasteiger partial charge >= 0.3 is 0 Å². The smallest absolute Gasteiger partial charge is 0.0747 e. The van der Waals surface area contributed by atoms with Gasteiger partial charge in [0.15, 0.2) is 0 Å². The summed E-state index contributed by atoms with van der Waals surface area (Å²) in [5.74, 6) is 0. The van der Waals surface area contributed by atoms with Crippen LogP contribution in [0.2, 0.25) is 0 Å². The number of aryl methyl sites for hydroxylation is 1. The molecule has 68 valence electrons. The third-order valence-corrected chi connectivity index (χ3v) is 2.43. The van der Waals surface area contributed by atoms with E-state index in [-0.39, 0.29) is 5.41 Å². The highest BCUT2D eigenvalue weighted by Crippen LogP contribution is 2.44. The molecular weight excluding hydrogens is 164 g/mol. The molecule has 1 fully saturated rings. The molecule has 1 aromatic heterocycles. The van der Waals surface area contributed by atoms with Crippen LogP contribution in [0.5, 0.6) is 0 Å². The Labute approximate surface area is 77.2 Å². The number of nitriles is 1. The summed E-state index contributed by atoms with van der Waals surface area (Å²) in [6.07, 6.45) is 5.73. The first-order chi connectivity index (χ1) is 6.24. The zero-order valence-corrected chi connectivity index (χ0v) is 7.62. The van der Waals surface area contributed by atoms with Crippen molar-refractivity contribution in [3.05, 3.63) is 12.4 Å². The molecule has 1 heterocycles. The number of aromatic nitrogens is 2. The number of nitrogens with zero attached hydrogens (tertiary/aromatic N) is 3. The van der Waals surface area contributed by atoms with Gasteiger partial charge in [-0.2, -0.15) is 10.4 Å². The quantitative estimate of drug-likeness (QED) is 0.751. The lowest BCUT2D eigenvalue weighted by molar-refractivity contribution is 0.711. The van der Waals surface area contributed by atoms with Gasteiger partial charge in [0, 0.05) is 19.8 Å². The van der Waals surface area contributed by atoms with E-state index in [0.717, 1.165) is 25.1 Å². The predicted molar refractivity (Wildman–Crippen MR) is 49.0 cm³/mol. The number of rotatable bonds is 3. The highest BCUT2D eigenvalue weighted by Gasteiger charge is 2.42. The molecule has 0 bridgehead atoms. The first kappa shape index (κ1) is 8.11. The van der Waals surface area contributed by atoms with Gasteiger partial charge in [-0.05, 0) is 12.8 Å². The van der Waals surface area contributed by atoms with Crippen LogP contribution in [-0.4, -0.2) is 16.3 Å². The molecule has 4 heteroatoms. The van der Waals surface area contributed by atoms with Crippen molar-refractivity contribution >= 4 is 5.69 Å². The van der Waals surface area contributed by atoms with E-state index in [1.165, 1.54) is 0 Å². The van der Waals surface area contributed by atoms with E-state index in [1.807, 2.05) is 13.2 Å². The molecule has 1 N–H and O–H groups in total. The second kappa shape index (κ2) is 2.77. The Morgan fingerprint density at radius 2 is 2.54 bits per heavy atom. The number of hydrogen-bond acceptors (Lipinski definition) is 3. The molecule has 2 rings (SSSR count). The van der Waals surface area contributed by atoms with Crippen LogP contribution in [-0.2, 0) is 7.05 Å². The van der Waals surface area contributed by atoms with Crippen molar-refractivity contribution in [3.63, 3.8) is 0 Å². The van der Waals surface area contributed by atoms with Crippen LogP contribution in [0, 0.1) is 16.7 Å². The molecule has 13 heavy (non-hydrogen) atoms. The molecule has 0 spiro atoms. The standard InChI is InChI=1S/C9H12N4/c1-13-5-8(4-12-13)11-7-9(6-10)2-3-9/h4-5,11H,2-3,7H2,1H3. The van der Waals surface area contributed by atoms with Crippen LogP contribution in [0.1, 0.15) is 12.8 Å². The monoisotopic (exact) mass is 176 g/mol. The normalized spacial score (nSPS) is 17.8. The third kappa shape index (κ3) is 1.64. The molecule has 0 saturated heterocycles. The maximum absolute atomic E-state index is 8.83. The average Bonchev–Trinajstić information content (AvgIpc) is 2.81. The Kier molecular flexibility index (Phi) is 1.73. The number of nitrogens with one attached hydrogen (secondary N) is 1. The van der Waals surface area contributed by atoms with Gasteiger partial charge in [0.2, 0.25) is 0 Å². The van der Waals surface area contributed by atoms with Crippen molar-refractivity contribution in [1.29, 1.82) is 5.26 Å². The topological polar surface area (TPSA) is 53.6 Å². The molecule has 0 aliphatic heterocycles. The molecule has 1 aliphatic carbocycles. The van der Waals surface area contributed by atoms with E-state index in [2.05, 4.69) is 16.5 Å². The van der Waals surface area contributed by atoms with E-state index in [9.17, 15) is 0 Å². The van der Waals surface area contributed by atoms with Gasteiger partial charge in [0.05, 0.1) is 23.4 Å². The van der Waals surface area contributed by atoms with Gasteiger partial charge in [-0.1, -0.05) is 0 Å². The van der Waals surface area contributed by atoms with Gasteiger partial charge in [0.1, 0.15) is 0 Å². The van der Waals surface area contributed by atoms with Gasteiger partial charge in [0.25, 0.3) is 0 Å². The second-order valence-corrected chi connectivity index (χ2v) is 3.65. The highest BCUT2D eigenvalue weighted by molar-refractivity contribution is 5.39. The number of anilines is 1. The van der Waals surface area contributed by atoms with Crippen LogP contribution in [0.3, 0.4) is 0 Å². The minimum atomic E-state index is -0.0875. The minimum absolute atomic E-state index is 0.0875. The van der Waals surface area contributed by atoms with E-state index in [0.29, 0.717) is 0 Å². The summed E-state index contributed by atoms with van der Waals surface area (Å²) in [5.41, 5.74) is 0.902. The summed E-state index contributed by atoms with van der Waals surface area (Å²) in [4.78, 5) is 0. The van der Waals surface area contributed by atoms with Crippen molar-refractivity contribution in [3.8, 4) is 6.07 Å². The lowest BCUT2D eigenvalue weighted by Crippen LogP contribution is -2.12. The Morgan fingerprint density at radius 1 is 1.77 bits per heavy atom. The molecule has 0 unspecified atom stereocenters. The van der Waals surface area contributed by atoms with Gasteiger partial charge in [-0.3, -0.25) is 4.68 Å². The van der Waals surface area contributed by atoms with Crippen molar-refractivity contribution in [2.45, 2.75) is 12.8 Å². The Hall–Kier alpha value is -1.50. The van der Waals surface area contributed by atoms with Gasteiger partial charge < -0.3 is 5.32 Å².